The largest absolute Gasteiger partial charge is 0.748 e. The molecule has 0 aliphatic carbocycles. The zero-order valence-corrected chi connectivity index (χ0v) is 17.8. The molecule has 6 nitrogen and oxygen atoms in total. The molecule has 2 aromatic rings. The van der Waals surface area contributed by atoms with Gasteiger partial charge < -0.3 is 8.74 Å². The molecule has 0 amide bonds. The van der Waals surface area contributed by atoms with Gasteiger partial charge in [0, 0.05) is 16.7 Å². The second kappa shape index (κ2) is 9.07. The van der Waals surface area contributed by atoms with Gasteiger partial charge in [0.05, 0.1) is 15.9 Å². The molecule has 0 aromatic heterocycles. The van der Waals surface area contributed by atoms with Crippen molar-refractivity contribution in [3.8, 4) is 5.75 Å². The van der Waals surface area contributed by atoms with Gasteiger partial charge in [-0.05, 0) is 45.2 Å². The summed E-state index contributed by atoms with van der Waals surface area (Å²) in [6.07, 6.45) is 0.512. The van der Waals surface area contributed by atoms with E-state index < -0.39 is 25.5 Å². The van der Waals surface area contributed by atoms with Gasteiger partial charge in [-0.15, -0.1) is 0 Å². The van der Waals surface area contributed by atoms with E-state index in [2.05, 4.69) is 0 Å². The van der Waals surface area contributed by atoms with Crippen LogP contribution in [0, 0.1) is 6.92 Å². The van der Waals surface area contributed by atoms with E-state index in [0.29, 0.717) is 12.0 Å². The summed E-state index contributed by atoms with van der Waals surface area (Å²) in [7, 11) is -8.12. The maximum atomic E-state index is 12.0. The van der Waals surface area contributed by atoms with Crippen LogP contribution in [-0.4, -0.2) is 32.4 Å². The van der Waals surface area contributed by atoms with E-state index in [4.69, 9.17) is 4.18 Å². The molecule has 0 radical (unpaired) electrons. The van der Waals surface area contributed by atoms with Crippen LogP contribution in [0.2, 0.25) is 0 Å². The third kappa shape index (κ3) is 6.05. The SMILES string of the molecule is CCS(=O)(=O)Oc1ccc(C)cc1C(CCC(C)S(=O)(=O)[O-])c1ccccc1. The molecule has 0 spiro atoms. The molecule has 2 unspecified atom stereocenters. The highest BCUT2D eigenvalue weighted by Crippen LogP contribution is 2.37. The molecule has 0 N–H and O–H groups in total. The van der Waals surface area contributed by atoms with Crippen molar-refractivity contribution in [2.24, 2.45) is 0 Å². The molecule has 2 aromatic carbocycles. The van der Waals surface area contributed by atoms with Crippen LogP contribution in [0.4, 0.5) is 0 Å². The van der Waals surface area contributed by atoms with Gasteiger partial charge in [-0.1, -0.05) is 48.0 Å². The van der Waals surface area contributed by atoms with Crippen molar-refractivity contribution in [3.63, 3.8) is 0 Å². The van der Waals surface area contributed by atoms with Crippen LogP contribution in [0.3, 0.4) is 0 Å². The minimum Gasteiger partial charge on any atom is -0.748 e. The minimum absolute atomic E-state index is 0.152. The topological polar surface area (TPSA) is 101 Å². The average Bonchev–Trinajstić information content (AvgIpc) is 2.63. The number of benzene rings is 2. The second-order valence-corrected chi connectivity index (χ2v) is 10.5. The quantitative estimate of drug-likeness (QED) is 0.450. The smallest absolute Gasteiger partial charge is 0.308 e. The van der Waals surface area contributed by atoms with Crippen molar-refractivity contribution in [1.29, 1.82) is 0 Å². The second-order valence-electron chi connectivity index (χ2n) is 6.82. The Kier molecular flexibility index (Phi) is 7.25. The molecule has 0 saturated heterocycles. The maximum absolute atomic E-state index is 12.0. The van der Waals surface area contributed by atoms with E-state index in [1.54, 1.807) is 12.1 Å². The van der Waals surface area contributed by atoms with Gasteiger partial charge in [0.25, 0.3) is 0 Å². The Morgan fingerprint density at radius 1 is 1.00 bits per heavy atom. The molecule has 2 rings (SSSR count). The Balaban J connectivity index is 2.50. The summed E-state index contributed by atoms with van der Waals surface area (Å²) in [6, 6.07) is 14.6. The minimum atomic E-state index is -4.39. The average molecular weight is 426 g/mol. The number of hydrogen-bond donors (Lipinski definition) is 0. The lowest BCUT2D eigenvalue weighted by Gasteiger charge is -2.24. The van der Waals surface area contributed by atoms with E-state index in [-0.39, 0.29) is 23.8 Å². The van der Waals surface area contributed by atoms with E-state index in [0.717, 1.165) is 11.1 Å². The molecule has 8 heteroatoms. The molecule has 0 bridgehead atoms. The first kappa shape index (κ1) is 22.4. The number of hydrogen-bond acceptors (Lipinski definition) is 6. The molecule has 154 valence electrons. The van der Waals surface area contributed by atoms with E-state index in [1.807, 2.05) is 43.3 Å². The summed E-state index contributed by atoms with van der Waals surface area (Å²) in [5, 5.41) is -1.03. The van der Waals surface area contributed by atoms with Crippen molar-refractivity contribution in [2.45, 2.75) is 44.8 Å². The fourth-order valence-corrected chi connectivity index (χ4v) is 3.91. The highest BCUT2D eigenvalue weighted by molar-refractivity contribution is 7.87. The summed E-state index contributed by atoms with van der Waals surface area (Å²) in [5.41, 5.74) is 2.46. The summed E-state index contributed by atoms with van der Waals surface area (Å²) < 4.78 is 63.3. The first-order valence-electron chi connectivity index (χ1n) is 9.06. The molecule has 2 atom stereocenters. The van der Waals surface area contributed by atoms with Gasteiger partial charge in [0.15, 0.2) is 0 Å². The van der Waals surface area contributed by atoms with Gasteiger partial charge in [0.2, 0.25) is 0 Å². The van der Waals surface area contributed by atoms with Crippen molar-refractivity contribution in [2.75, 3.05) is 5.75 Å². The zero-order valence-electron chi connectivity index (χ0n) is 16.2. The third-order valence-corrected chi connectivity index (χ3v) is 7.03. The van der Waals surface area contributed by atoms with Crippen LogP contribution in [0.1, 0.15) is 49.3 Å². The Morgan fingerprint density at radius 3 is 2.21 bits per heavy atom. The monoisotopic (exact) mass is 425 g/mol. The van der Waals surface area contributed by atoms with Gasteiger partial charge in [-0.25, -0.2) is 8.42 Å². The first-order chi connectivity index (χ1) is 13.0. The molecule has 0 aliphatic heterocycles. The summed E-state index contributed by atoms with van der Waals surface area (Å²) in [5.74, 6) is -0.256. The predicted octanol–water partition coefficient (Wildman–Crippen LogP) is 3.57. The summed E-state index contributed by atoms with van der Waals surface area (Å²) in [4.78, 5) is 0. The van der Waals surface area contributed by atoms with Gasteiger partial charge in [0.1, 0.15) is 5.75 Å². The Morgan fingerprint density at radius 2 is 1.64 bits per heavy atom. The molecule has 0 heterocycles. The lowest BCUT2D eigenvalue weighted by molar-refractivity contribution is 0.443. The van der Waals surface area contributed by atoms with Gasteiger partial charge in [-0.3, -0.25) is 0 Å². The fourth-order valence-electron chi connectivity index (χ4n) is 2.94. The molecule has 28 heavy (non-hydrogen) atoms. The molecule has 0 aliphatic rings. The van der Waals surface area contributed by atoms with E-state index in [1.165, 1.54) is 13.8 Å². The van der Waals surface area contributed by atoms with Crippen LogP contribution in [0.15, 0.2) is 48.5 Å². The maximum Gasteiger partial charge on any atom is 0.308 e. The predicted molar refractivity (Wildman–Crippen MR) is 108 cm³/mol. The molecular formula is C20H25O6S2-. The fraction of sp³-hybridized carbons (Fsp3) is 0.400. The standard InChI is InChI=1S/C20H26O6S2/c1-4-27(21,22)26-20-13-10-15(2)14-19(20)18(17-8-6-5-7-9-17)12-11-16(3)28(23,24)25/h5-10,13-14,16,18H,4,11-12H2,1-3H3,(H,23,24,25)/p-1. The van der Waals surface area contributed by atoms with Crippen LogP contribution in [0.5, 0.6) is 5.75 Å². The Bertz CT molecular complexity index is 998. The van der Waals surface area contributed by atoms with Crippen LogP contribution >= 0.6 is 0 Å². The van der Waals surface area contributed by atoms with Gasteiger partial charge >= 0.3 is 10.1 Å². The highest BCUT2D eigenvalue weighted by atomic mass is 32.2. The van der Waals surface area contributed by atoms with E-state index >= 15 is 0 Å². The molecule has 0 fully saturated rings. The number of aryl methyl sites for hydroxylation is 1. The third-order valence-electron chi connectivity index (χ3n) is 4.67. The van der Waals surface area contributed by atoms with Crippen LogP contribution in [-0.2, 0) is 20.2 Å². The van der Waals surface area contributed by atoms with E-state index in [9.17, 15) is 21.4 Å². The van der Waals surface area contributed by atoms with Crippen LogP contribution in [0.25, 0.3) is 0 Å². The molecule has 0 saturated carbocycles. The summed E-state index contributed by atoms with van der Waals surface area (Å²) in [6.45, 7) is 4.77. The number of rotatable bonds is 9. The normalized spacial score (nSPS) is 14.4. The van der Waals surface area contributed by atoms with Crippen molar-refractivity contribution in [3.05, 3.63) is 65.2 Å². The Hall–Kier alpha value is -1.90. The first-order valence-corrected chi connectivity index (χ1v) is 12.1. The lowest BCUT2D eigenvalue weighted by atomic mass is 9.86. The molecular weight excluding hydrogens is 400 g/mol. The summed E-state index contributed by atoms with van der Waals surface area (Å²) >= 11 is 0. The lowest BCUT2D eigenvalue weighted by Crippen LogP contribution is -2.19. The Labute approximate surface area is 167 Å². The van der Waals surface area contributed by atoms with Crippen LogP contribution < -0.4 is 4.18 Å². The zero-order chi connectivity index (χ0) is 20.9. The van der Waals surface area contributed by atoms with Gasteiger partial charge in [-0.2, -0.15) is 8.42 Å². The van der Waals surface area contributed by atoms with Crippen molar-refractivity contribution < 1.29 is 25.6 Å². The van der Waals surface area contributed by atoms with Crippen molar-refractivity contribution >= 4 is 20.2 Å². The van der Waals surface area contributed by atoms with Crippen molar-refractivity contribution in [1.82, 2.24) is 0 Å². The highest BCUT2D eigenvalue weighted by Gasteiger charge is 2.23.